The number of benzene rings is 2. The molecule has 1 amide bonds. The third-order valence-corrected chi connectivity index (χ3v) is 5.76. The number of pyridine rings is 1. The Morgan fingerprint density at radius 2 is 1.92 bits per heavy atom. The largest absolute Gasteiger partial charge is 0.325 e. The van der Waals surface area contributed by atoms with Gasteiger partial charge in [0.2, 0.25) is 15.9 Å². The van der Waals surface area contributed by atoms with E-state index in [2.05, 4.69) is 15.0 Å². The van der Waals surface area contributed by atoms with Crippen LogP contribution in [0.15, 0.2) is 54.6 Å². The minimum atomic E-state index is -3.39. The molecule has 0 bridgehead atoms. The Morgan fingerprint density at radius 3 is 2.73 bits per heavy atom. The van der Waals surface area contributed by atoms with Crippen molar-refractivity contribution in [3.8, 4) is 0 Å². The van der Waals surface area contributed by atoms with Crippen molar-refractivity contribution in [2.45, 2.75) is 12.8 Å². The van der Waals surface area contributed by atoms with E-state index in [1.165, 1.54) is 0 Å². The molecule has 1 aliphatic rings. The lowest BCUT2D eigenvalue weighted by molar-refractivity contribution is -0.116. The fourth-order valence-corrected chi connectivity index (χ4v) is 3.74. The molecule has 2 N–H and O–H groups in total. The maximum absolute atomic E-state index is 12.5. The molecule has 0 radical (unpaired) electrons. The molecule has 1 aromatic heterocycles. The van der Waals surface area contributed by atoms with Gasteiger partial charge in [0.25, 0.3) is 0 Å². The average molecular weight is 367 g/mol. The second kappa shape index (κ2) is 6.10. The number of sulfonamides is 1. The predicted molar refractivity (Wildman–Crippen MR) is 102 cm³/mol. The third-order valence-electron chi connectivity index (χ3n) is 4.45. The number of fused-ring (bicyclic) bond motifs is 2. The predicted octanol–water partition coefficient (Wildman–Crippen LogP) is 3.08. The summed E-state index contributed by atoms with van der Waals surface area (Å²) in [5.41, 5.74) is 3.28. The van der Waals surface area contributed by atoms with Crippen LogP contribution in [0.25, 0.3) is 10.9 Å². The van der Waals surface area contributed by atoms with Crippen LogP contribution in [0, 0.1) is 0 Å². The van der Waals surface area contributed by atoms with Crippen LogP contribution in [0.2, 0.25) is 0 Å². The Morgan fingerprint density at radius 1 is 1.12 bits per heavy atom. The van der Waals surface area contributed by atoms with E-state index in [0.29, 0.717) is 22.6 Å². The molecule has 6 nitrogen and oxygen atoms in total. The van der Waals surface area contributed by atoms with E-state index < -0.39 is 15.9 Å². The van der Waals surface area contributed by atoms with Gasteiger partial charge in [0, 0.05) is 16.8 Å². The Labute approximate surface area is 151 Å². The number of rotatable bonds is 4. The molecule has 0 spiro atoms. The first-order chi connectivity index (χ1) is 12.5. The molecule has 7 heteroatoms. The number of para-hydroxylation sites is 1. The van der Waals surface area contributed by atoms with Crippen LogP contribution in [0.3, 0.4) is 0 Å². The second-order valence-electron chi connectivity index (χ2n) is 6.16. The quantitative estimate of drug-likeness (QED) is 0.742. The number of hydrogen-bond donors (Lipinski definition) is 2. The molecule has 1 aliphatic heterocycles. The Bertz CT molecular complexity index is 1130. The first kappa shape index (κ1) is 16.5. The first-order valence-corrected chi connectivity index (χ1v) is 9.93. The highest BCUT2D eigenvalue weighted by Crippen LogP contribution is 2.38. The highest BCUT2D eigenvalue weighted by molar-refractivity contribution is 7.92. The Kier molecular flexibility index (Phi) is 3.88. The zero-order valence-corrected chi connectivity index (χ0v) is 14.9. The van der Waals surface area contributed by atoms with E-state index in [1.54, 1.807) is 25.1 Å². The molecule has 0 fully saturated rings. The van der Waals surface area contributed by atoms with Crippen LogP contribution in [0.4, 0.5) is 11.4 Å². The van der Waals surface area contributed by atoms with Gasteiger partial charge in [-0.2, -0.15) is 0 Å². The van der Waals surface area contributed by atoms with Crippen molar-refractivity contribution in [1.82, 2.24) is 4.98 Å². The summed E-state index contributed by atoms with van der Waals surface area (Å²) >= 11 is 0. The first-order valence-electron chi connectivity index (χ1n) is 8.28. The molecule has 26 heavy (non-hydrogen) atoms. The van der Waals surface area contributed by atoms with Crippen molar-refractivity contribution in [2.24, 2.45) is 0 Å². The van der Waals surface area contributed by atoms with Crippen molar-refractivity contribution in [1.29, 1.82) is 0 Å². The molecule has 132 valence electrons. The van der Waals surface area contributed by atoms with E-state index >= 15 is 0 Å². The number of hydrogen-bond acceptors (Lipinski definition) is 4. The van der Waals surface area contributed by atoms with Crippen molar-refractivity contribution >= 4 is 38.2 Å². The smallest absolute Gasteiger partial charge is 0.238 e. The summed E-state index contributed by atoms with van der Waals surface area (Å²) < 4.78 is 26.2. The van der Waals surface area contributed by atoms with E-state index in [4.69, 9.17) is 0 Å². The monoisotopic (exact) mass is 367 g/mol. The lowest BCUT2D eigenvalue weighted by Crippen LogP contribution is -2.15. The van der Waals surface area contributed by atoms with E-state index in [0.717, 1.165) is 10.9 Å². The molecular weight excluding hydrogens is 350 g/mol. The van der Waals surface area contributed by atoms with Crippen molar-refractivity contribution in [3.05, 3.63) is 65.9 Å². The molecular formula is C19H17N3O3S. The second-order valence-corrected chi connectivity index (χ2v) is 8.17. The maximum Gasteiger partial charge on any atom is 0.238 e. The van der Waals surface area contributed by atoms with Gasteiger partial charge in [0.1, 0.15) is 5.92 Å². The van der Waals surface area contributed by atoms with E-state index in [1.807, 2.05) is 36.4 Å². The summed E-state index contributed by atoms with van der Waals surface area (Å²) in [6.45, 7) is 1.57. The van der Waals surface area contributed by atoms with Crippen molar-refractivity contribution < 1.29 is 13.2 Å². The summed E-state index contributed by atoms with van der Waals surface area (Å²) in [5.74, 6) is -0.754. The zero-order chi connectivity index (χ0) is 18.3. The van der Waals surface area contributed by atoms with Crippen LogP contribution >= 0.6 is 0 Å². The normalized spacial score (nSPS) is 16.3. The number of aromatic nitrogens is 1. The molecule has 0 aliphatic carbocycles. The molecule has 0 saturated heterocycles. The Hall–Kier alpha value is -2.93. The number of carbonyl (C=O) groups excluding carboxylic acids is 1. The summed E-state index contributed by atoms with van der Waals surface area (Å²) in [4.78, 5) is 17.2. The minimum absolute atomic E-state index is 0.0169. The van der Waals surface area contributed by atoms with Gasteiger partial charge in [-0.15, -0.1) is 0 Å². The van der Waals surface area contributed by atoms with Crippen molar-refractivity contribution in [3.63, 3.8) is 0 Å². The van der Waals surface area contributed by atoms with Crippen LogP contribution in [0.1, 0.15) is 24.1 Å². The summed E-state index contributed by atoms with van der Waals surface area (Å²) in [5, 5.41) is 3.84. The summed E-state index contributed by atoms with van der Waals surface area (Å²) in [7, 11) is -3.39. The van der Waals surface area contributed by atoms with Gasteiger partial charge in [0.15, 0.2) is 0 Å². The average Bonchev–Trinajstić information content (AvgIpc) is 2.96. The number of carbonyl (C=O) groups is 1. The number of amides is 1. The van der Waals surface area contributed by atoms with Crippen LogP contribution in [-0.4, -0.2) is 25.1 Å². The summed E-state index contributed by atoms with van der Waals surface area (Å²) in [6, 6.07) is 16.5. The minimum Gasteiger partial charge on any atom is -0.325 e. The molecule has 1 unspecified atom stereocenters. The van der Waals surface area contributed by atoms with Gasteiger partial charge in [-0.25, -0.2) is 8.42 Å². The fourth-order valence-electron chi connectivity index (χ4n) is 3.11. The van der Waals surface area contributed by atoms with Gasteiger partial charge in [-0.3, -0.25) is 14.5 Å². The van der Waals surface area contributed by atoms with Crippen molar-refractivity contribution in [2.75, 3.05) is 15.8 Å². The summed E-state index contributed by atoms with van der Waals surface area (Å²) in [6.07, 6.45) is 0. The van der Waals surface area contributed by atoms with E-state index in [-0.39, 0.29) is 11.7 Å². The molecule has 2 heterocycles. The maximum atomic E-state index is 12.5. The van der Waals surface area contributed by atoms with Crippen LogP contribution in [0.5, 0.6) is 0 Å². The molecule has 0 saturated carbocycles. The van der Waals surface area contributed by atoms with Gasteiger partial charge in [0.05, 0.1) is 17.0 Å². The highest BCUT2D eigenvalue weighted by atomic mass is 32.2. The van der Waals surface area contributed by atoms with Gasteiger partial charge in [-0.05, 0) is 42.8 Å². The van der Waals surface area contributed by atoms with E-state index in [9.17, 15) is 13.2 Å². The van der Waals surface area contributed by atoms with Gasteiger partial charge < -0.3 is 5.32 Å². The topological polar surface area (TPSA) is 88.2 Å². The van der Waals surface area contributed by atoms with Gasteiger partial charge >= 0.3 is 0 Å². The number of nitrogens with one attached hydrogen (secondary N) is 2. The fraction of sp³-hybridized carbons (Fsp3) is 0.158. The molecule has 2 aromatic carbocycles. The van der Waals surface area contributed by atoms with Crippen LogP contribution < -0.4 is 10.0 Å². The molecule has 4 rings (SSSR count). The molecule has 1 atom stereocenters. The highest BCUT2D eigenvalue weighted by Gasteiger charge is 2.33. The standard InChI is InChI=1S/C19H17N3O3S/c1-2-26(24,25)22-13-8-10-16-14(11-13)18(19(23)21-16)17-9-7-12-5-3-4-6-15(12)20-17/h3-11,18,22H,2H2,1H3,(H,21,23). The number of anilines is 2. The zero-order valence-electron chi connectivity index (χ0n) is 14.1. The lowest BCUT2D eigenvalue weighted by Gasteiger charge is -2.12. The number of nitrogens with zero attached hydrogens (tertiary/aromatic N) is 1. The molecule has 3 aromatic rings. The third kappa shape index (κ3) is 2.90. The van der Waals surface area contributed by atoms with Crippen LogP contribution in [-0.2, 0) is 14.8 Å². The SMILES string of the molecule is CCS(=O)(=O)Nc1ccc2c(c1)C(c1ccc3ccccc3n1)C(=O)N2. The Balaban J connectivity index is 1.77. The van der Waals surface area contributed by atoms with Gasteiger partial charge in [-0.1, -0.05) is 24.3 Å². The lowest BCUT2D eigenvalue weighted by atomic mass is 9.95.